The smallest absolute Gasteiger partial charge is 0.140 e. The van der Waals surface area contributed by atoms with Crippen LogP contribution in [0.3, 0.4) is 0 Å². The van der Waals surface area contributed by atoms with E-state index in [4.69, 9.17) is 15.5 Å². The highest BCUT2D eigenvalue weighted by Gasteiger charge is 2.17. The predicted octanol–water partition coefficient (Wildman–Crippen LogP) is 0.837. The van der Waals surface area contributed by atoms with E-state index >= 15 is 0 Å². The standard InChI is InChI=1S/C9H9N5O/c1-5-3-7(13-15-5)8-6(4-10)9(11)14(2)12-8/h3H,11H2,1-2H3. The Labute approximate surface area is 85.9 Å². The number of rotatable bonds is 1. The van der Waals surface area contributed by atoms with E-state index in [2.05, 4.69) is 10.3 Å². The van der Waals surface area contributed by atoms with Crippen molar-refractivity contribution in [2.24, 2.45) is 7.05 Å². The van der Waals surface area contributed by atoms with Crippen molar-refractivity contribution in [2.45, 2.75) is 6.92 Å². The molecule has 0 spiro atoms. The van der Waals surface area contributed by atoms with E-state index in [0.29, 0.717) is 28.5 Å². The van der Waals surface area contributed by atoms with Crippen LogP contribution in [0.1, 0.15) is 11.3 Å². The molecule has 0 saturated heterocycles. The maximum Gasteiger partial charge on any atom is 0.140 e. The van der Waals surface area contributed by atoms with Gasteiger partial charge in [0.15, 0.2) is 0 Å². The van der Waals surface area contributed by atoms with Gasteiger partial charge < -0.3 is 10.3 Å². The fourth-order valence-corrected chi connectivity index (χ4v) is 1.30. The molecule has 0 aromatic carbocycles. The molecular formula is C9H9N5O. The minimum atomic E-state index is 0.325. The highest BCUT2D eigenvalue weighted by atomic mass is 16.5. The summed E-state index contributed by atoms with van der Waals surface area (Å²) in [5, 5.41) is 16.8. The van der Waals surface area contributed by atoms with Gasteiger partial charge in [0, 0.05) is 13.1 Å². The van der Waals surface area contributed by atoms with Crippen LogP contribution in [0.25, 0.3) is 11.4 Å². The summed E-state index contributed by atoms with van der Waals surface area (Å²) < 4.78 is 6.36. The number of nitrogen functional groups attached to an aromatic ring is 1. The van der Waals surface area contributed by atoms with Crippen LogP contribution < -0.4 is 5.73 Å². The van der Waals surface area contributed by atoms with E-state index in [1.807, 2.05) is 6.07 Å². The van der Waals surface area contributed by atoms with E-state index in [1.54, 1.807) is 20.0 Å². The number of nitrogens with two attached hydrogens (primary N) is 1. The minimum absolute atomic E-state index is 0.325. The number of hydrogen-bond donors (Lipinski definition) is 1. The third kappa shape index (κ3) is 1.34. The molecule has 76 valence electrons. The van der Waals surface area contributed by atoms with Crippen molar-refractivity contribution >= 4 is 5.82 Å². The largest absolute Gasteiger partial charge is 0.383 e. The Morgan fingerprint density at radius 3 is 2.87 bits per heavy atom. The number of nitriles is 1. The monoisotopic (exact) mass is 203 g/mol. The first-order valence-electron chi connectivity index (χ1n) is 4.29. The lowest BCUT2D eigenvalue weighted by molar-refractivity contribution is 0.399. The average molecular weight is 203 g/mol. The zero-order chi connectivity index (χ0) is 11.0. The molecule has 2 heterocycles. The van der Waals surface area contributed by atoms with E-state index in [0.717, 1.165) is 0 Å². The molecule has 0 bridgehead atoms. The first kappa shape index (κ1) is 9.27. The topological polar surface area (TPSA) is 93.7 Å². The molecule has 0 radical (unpaired) electrons. The zero-order valence-corrected chi connectivity index (χ0v) is 8.35. The molecule has 0 atom stereocenters. The number of aromatic nitrogens is 3. The molecule has 2 N–H and O–H groups in total. The zero-order valence-electron chi connectivity index (χ0n) is 8.35. The number of nitrogens with zero attached hydrogens (tertiary/aromatic N) is 4. The summed E-state index contributed by atoms with van der Waals surface area (Å²) in [4.78, 5) is 0. The van der Waals surface area contributed by atoms with Gasteiger partial charge >= 0.3 is 0 Å². The van der Waals surface area contributed by atoms with Crippen LogP contribution in [0.4, 0.5) is 5.82 Å². The first-order valence-corrected chi connectivity index (χ1v) is 4.29. The predicted molar refractivity (Wildman–Crippen MR) is 52.6 cm³/mol. The number of hydrogen-bond acceptors (Lipinski definition) is 5. The third-order valence-corrected chi connectivity index (χ3v) is 2.07. The summed E-state index contributed by atoms with van der Waals surface area (Å²) in [5.74, 6) is 0.992. The van der Waals surface area contributed by atoms with Crippen LogP contribution >= 0.6 is 0 Å². The molecule has 0 unspecified atom stereocenters. The lowest BCUT2D eigenvalue weighted by Gasteiger charge is -1.89. The van der Waals surface area contributed by atoms with Crippen molar-refractivity contribution in [2.75, 3.05) is 5.73 Å². The van der Waals surface area contributed by atoms with E-state index < -0.39 is 0 Å². The summed E-state index contributed by atoms with van der Waals surface area (Å²) in [6, 6.07) is 3.71. The Morgan fingerprint density at radius 1 is 1.60 bits per heavy atom. The highest BCUT2D eigenvalue weighted by molar-refractivity contribution is 5.69. The average Bonchev–Trinajstić information content (AvgIpc) is 2.73. The van der Waals surface area contributed by atoms with E-state index in [-0.39, 0.29) is 0 Å². The molecule has 2 aromatic rings. The SMILES string of the molecule is Cc1cc(-c2nn(C)c(N)c2C#N)no1. The summed E-state index contributed by atoms with van der Waals surface area (Å²) in [7, 11) is 1.67. The fraction of sp³-hybridized carbons (Fsp3) is 0.222. The molecule has 6 heteroatoms. The molecule has 6 nitrogen and oxygen atoms in total. The maximum atomic E-state index is 8.94. The molecule has 2 aromatic heterocycles. The van der Waals surface area contributed by atoms with Crippen LogP contribution in [-0.2, 0) is 7.05 Å². The summed E-state index contributed by atoms with van der Waals surface area (Å²) in [5.41, 5.74) is 6.98. The Morgan fingerprint density at radius 2 is 2.33 bits per heavy atom. The van der Waals surface area contributed by atoms with Crippen molar-refractivity contribution in [1.82, 2.24) is 14.9 Å². The van der Waals surface area contributed by atoms with Gasteiger partial charge in [-0.25, -0.2) is 0 Å². The quantitative estimate of drug-likeness (QED) is 0.741. The van der Waals surface area contributed by atoms with E-state index in [9.17, 15) is 0 Å². The summed E-state index contributed by atoms with van der Waals surface area (Å²) >= 11 is 0. The van der Waals surface area contributed by atoms with Crippen molar-refractivity contribution < 1.29 is 4.52 Å². The van der Waals surface area contributed by atoms with Gasteiger partial charge in [-0.05, 0) is 6.92 Å². The molecule has 0 amide bonds. The highest BCUT2D eigenvalue weighted by Crippen LogP contribution is 2.25. The lowest BCUT2D eigenvalue weighted by Crippen LogP contribution is -1.97. The Bertz CT molecular complexity index is 545. The van der Waals surface area contributed by atoms with Crippen LogP contribution in [-0.4, -0.2) is 14.9 Å². The maximum absolute atomic E-state index is 8.94. The van der Waals surface area contributed by atoms with Gasteiger partial charge in [-0.3, -0.25) is 4.68 Å². The number of anilines is 1. The second-order valence-corrected chi connectivity index (χ2v) is 3.17. The molecule has 0 saturated carbocycles. The second kappa shape index (κ2) is 3.13. The molecule has 0 aliphatic heterocycles. The third-order valence-electron chi connectivity index (χ3n) is 2.07. The van der Waals surface area contributed by atoms with Gasteiger partial charge in [0.25, 0.3) is 0 Å². The molecule has 0 aliphatic rings. The first-order chi connectivity index (χ1) is 7.13. The van der Waals surface area contributed by atoms with Crippen LogP contribution in [0, 0.1) is 18.3 Å². The van der Waals surface area contributed by atoms with Crippen LogP contribution in [0.15, 0.2) is 10.6 Å². The van der Waals surface area contributed by atoms with Gasteiger partial charge in [0.05, 0.1) is 0 Å². The van der Waals surface area contributed by atoms with Crippen molar-refractivity contribution in [3.63, 3.8) is 0 Å². The van der Waals surface area contributed by atoms with Crippen molar-refractivity contribution in [3.8, 4) is 17.5 Å². The van der Waals surface area contributed by atoms with Gasteiger partial charge in [-0.15, -0.1) is 0 Å². The molecule has 15 heavy (non-hydrogen) atoms. The lowest BCUT2D eigenvalue weighted by atomic mass is 10.2. The Hall–Kier alpha value is -2.29. The van der Waals surface area contributed by atoms with Crippen molar-refractivity contribution in [1.29, 1.82) is 5.26 Å². The molecule has 0 aliphatic carbocycles. The normalized spacial score (nSPS) is 10.2. The molecule has 2 rings (SSSR count). The second-order valence-electron chi connectivity index (χ2n) is 3.17. The Balaban J connectivity index is 2.64. The summed E-state index contributed by atoms with van der Waals surface area (Å²) in [6.45, 7) is 1.77. The molecular weight excluding hydrogens is 194 g/mol. The van der Waals surface area contributed by atoms with Crippen molar-refractivity contribution in [3.05, 3.63) is 17.4 Å². The fourth-order valence-electron chi connectivity index (χ4n) is 1.30. The van der Waals surface area contributed by atoms with Gasteiger partial charge in [-0.2, -0.15) is 10.4 Å². The van der Waals surface area contributed by atoms with Crippen LogP contribution in [0.2, 0.25) is 0 Å². The van der Waals surface area contributed by atoms with Gasteiger partial charge in [0.1, 0.15) is 34.6 Å². The Kier molecular flexibility index (Phi) is 1.94. The number of aryl methyl sites for hydroxylation is 2. The van der Waals surface area contributed by atoms with Gasteiger partial charge in [0.2, 0.25) is 0 Å². The molecule has 0 fully saturated rings. The van der Waals surface area contributed by atoms with E-state index in [1.165, 1.54) is 4.68 Å². The van der Waals surface area contributed by atoms with Crippen LogP contribution in [0.5, 0.6) is 0 Å². The minimum Gasteiger partial charge on any atom is -0.383 e. The van der Waals surface area contributed by atoms with Gasteiger partial charge in [-0.1, -0.05) is 5.16 Å². The summed E-state index contributed by atoms with van der Waals surface area (Å²) in [6.07, 6.45) is 0.